The lowest BCUT2D eigenvalue weighted by atomic mass is 10.1. The van der Waals surface area contributed by atoms with Crippen molar-refractivity contribution in [2.75, 3.05) is 40.4 Å². The SMILES string of the molecule is CN=C(NCCCc1cccc(F)c1)N(C)CCOCC1CC1.I. The van der Waals surface area contributed by atoms with E-state index in [9.17, 15) is 4.39 Å². The Balaban J connectivity index is 0.00000288. The highest BCUT2D eigenvalue weighted by Crippen LogP contribution is 2.28. The van der Waals surface area contributed by atoms with Gasteiger partial charge in [0.1, 0.15) is 5.82 Å². The molecule has 0 aromatic heterocycles. The molecule has 136 valence electrons. The summed E-state index contributed by atoms with van der Waals surface area (Å²) in [6.07, 6.45) is 4.44. The second-order valence-electron chi connectivity index (χ2n) is 6.15. The van der Waals surface area contributed by atoms with Gasteiger partial charge in [0.2, 0.25) is 0 Å². The van der Waals surface area contributed by atoms with Crippen LogP contribution >= 0.6 is 24.0 Å². The summed E-state index contributed by atoms with van der Waals surface area (Å²) in [4.78, 5) is 6.37. The third kappa shape index (κ3) is 8.28. The fourth-order valence-corrected chi connectivity index (χ4v) is 2.41. The summed E-state index contributed by atoms with van der Waals surface area (Å²) < 4.78 is 18.8. The standard InChI is InChI=1S/C18H28FN3O.HI/c1-20-18(22(2)11-12-23-14-16-8-9-16)21-10-4-6-15-5-3-7-17(19)13-15;/h3,5,7,13,16H,4,6,8-12,14H2,1-2H3,(H,20,21);1H. The number of rotatable bonds is 9. The Hall–Kier alpha value is -0.890. The van der Waals surface area contributed by atoms with E-state index in [1.807, 2.05) is 13.1 Å². The summed E-state index contributed by atoms with van der Waals surface area (Å²) in [7, 11) is 3.80. The van der Waals surface area contributed by atoms with Gasteiger partial charge in [0.15, 0.2) is 5.96 Å². The van der Waals surface area contributed by atoms with E-state index in [-0.39, 0.29) is 29.8 Å². The van der Waals surface area contributed by atoms with Crippen molar-refractivity contribution in [3.63, 3.8) is 0 Å². The first-order chi connectivity index (χ1) is 11.2. The van der Waals surface area contributed by atoms with Crippen LogP contribution in [0.1, 0.15) is 24.8 Å². The van der Waals surface area contributed by atoms with Crippen molar-refractivity contribution >= 4 is 29.9 Å². The molecule has 2 rings (SSSR count). The van der Waals surface area contributed by atoms with E-state index in [2.05, 4.69) is 15.2 Å². The molecule has 0 aliphatic heterocycles. The first-order valence-corrected chi connectivity index (χ1v) is 8.43. The largest absolute Gasteiger partial charge is 0.379 e. The van der Waals surface area contributed by atoms with Crippen LogP contribution in [-0.4, -0.2) is 51.3 Å². The fraction of sp³-hybridized carbons (Fsp3) is 0.611. The zero-order chi connectivity index (χ0) is 16.5. The predicted octanol–water partition coefficient (Wildman–Crippen LogP) is 3.31. The Morgan fingerprint density at radius 3 is 2.88 bits per heavy atom. The van der Waals surface area contributed by atoms with Crippen LogP contribution in [0.25, 0.3) is 0 Å². The van der Waals surface area contributed by atoms with Crippen LogP contribution in [0.15, 0.2) is 29.3 Å². The number of nitrogens with one attached hydrogen (secondary N) is 1. The first kappa shape index (κ1) is 21.2. The molecule has 0 heterocycles. The van der Waals surface area contributed by atoms with Gasteiger partial charge in [-0.2, -0.15) is 0 Å². The average Bonchev–Trinajstić information content (AvgIpc) is 3.36. The van der Waals surface area contributed by atoms with Crippen molar-refractivity contribution in [3.05, 3.63) is 35.6 Å². The molecule has 0 amide bonds. The van der Waals surface area contributed by atoms with Gasteiger partial charge in [-0.15, -0.1) is 24.0 Å². The zero-order valence-electron chi connectivity index (χ0n) is 14.6. The topological polar surface area (TPSA) is 36.9 Å². The van der Waals surface area contributed by atoms with E-state index in [0.29, 0.717) is 0 Å². The van der Waals surface area contributed by atoms with Crippen molar-refractivity contribution in [1.82, 2.24) is 10.2 Å². The minimum atomic E-state index is -0.169. The number of aryl methyl sites for hydroxylation is 1. The van der Waals surface area contributed by atoms with Gasteiger partial charge in [-0.3, -0.25) is 4.99 Å². The first-order valence-electron chi connectivity index (χ1n) is 8.43. The lowest BCUT2D eigenvalue weighted by Crippen LogP contribution is -2.41. The highest BCUT2D eigenvalue weighted by Gasteiger charge is 2.21. The van der Waals surface area contributed by atoms with Crippen LogP contribution in [0.3, 0.4) is 0 Å². The minimum Gasteiger partial charge on any atom is -0.379 e. The molecule has 4 nitrogen and oxygen atoms in total. The van der Waals surface area contributed by atoms with Crippen LogP contribution in [0.2, 0.25) is 0 Å². The number of hydrogen-bond acceptors (Lipinski definition) is 2. The van der Waals surface area contributed by atoms with Crippen LogP contribution in [0.4, 0.5) is 4.39 Å². The molecule has 1 N–H and O–H groups in total. The molecule has 0 atom stereocenters. The molecule has 1 aromatic rings. The number of guanidine groups is 1. The van der Waals surface area contributed by atoms with Crippen molar-refractivity contribution in [1.29, 1.82) is 0 Å². The molecule has 1 aromatic carbocycles. The monoisotopic (exact) mass is 449 g/mol. The summed E-state index contributed by atoms with van der Waals surface area (Å²) in [5.41, 5.74) is 1.03. The maximum Gasteiger partial charge on any atom is 0.193 e. The third-order valence-corrected chi connectivity index (χ3v) is 4.01. The van der Waals surface area contributed by atoms with E-state index in [4.69, 9.17) is 4.74 Å². The number of aliphatic imine (C=N–C) groups is 1. The summed E-state index contributed by atoms with van der Waals surface area (Å²) >= 11 is 0. The molecule has 24 heavy (non-hydrogen) atoms. The van der Waals surface area contributed by atoms with Crippen LogP contribution in [0.5, 0.6) is 0 Å². The lowest BCUT2D eigenvalue weighted by molar-refractivity contribution is 0.115. The van der Waals surface area contributed by atoms with Crippen LogP contribution in [-0.2, 0) is 11.2 Å². The molecular weight excluding hydrogens is 420 g/mol. The Morgan fingerprint density at radius 2 is 2.21 bits per heavy atom. The molecular formula is C18H29FIN3O. The van der Waals surface area contributed by atoms with E-state index >= 15 is 0 Å². The third-order valence-electron chi connectivity index (χ3n) is 4.01. The summed E-state index contributed by atoms with van der Waals surface area (Å²) in [6.45, 7) is 3.28. The van der Waals surface area contributed by atoms with E-state index in [1.54, 1.807) is 19.2 Å². The van der Waals surface area contributed by atoms with E-state index in [0.717, 1.165) is 56.6 Å². The van der Waals surface area contributed by atoms with Crippen molar-refractivity contribution in [2.24, 2.45) is 10.9 Å². The number of likely N-dealkylation sites (N-methyl/N-ethyl adjacent to an activating group) is 1. The van der Waals surface area contributed by atoms with Crippen molar-refractivity contribution < 1.29 is 9.13 Å². The maximum absolute atomic E-state index is 13.1. The van der Waals surface area contributed by atoms with Crippen molar-refractivity contribution in [2.45, 2.75) is 25.7 Å². The van der Waals surface area contributed by atoms with Crippen molar-refractivity contribution in [3.8, 4) is 0 Å². The van der Waals surface area contributed by atoms with Gasteiger partial charge < -0.3 is 15.0 Å². The number of benzene rings is 1. The molecule has 0 unspecified atom stereocenters. The van der Waals surface area contributed by atoms with Gasteiger partial charge in [0.05, 0.1) is 6.61 Å². The van der Waals surface area contributed by atoms with Gasteiger partial charge in [0.25, 0.3) is 0 Å². The van der Waals surface area contributed by atoms with Crippen LogP contribution < -0.4 is 5.32 Å². The second-order valence-corrected chi connectivity index (χ2v) is 6.15. The molecule has 0 spiro atoms. The normalized spacial score (nSPS) is 14.2. The Morgan fingerprint density at radius 1 is 1.42 bits per heavy atom. The number of ether oxygens (including phenoxy) is 1. The summed E-state index contributed by atoms with van der Waals surface area (Å²) in [5.74, 6) is 1.51. The molecule has 0 saturated heterocycles. The quantitative estimate of drug-likeness (QED) is 0.272. The molecule has 6 heteroatoms. The summed E-state index contributed by atoms with van der Waals surface area (Å²) in [6, 6.07) is 6.79. The Bertz CT molecular complexity index is 509. The number of halogens is 2. The van der Waals surface area contributed by atoms with E-state index < -0.39 is 0 Å². The van der Waals surface area contributed by atoms with Gasteiger partial charge in [0, 0.05) is 33.8 Å². The van der Waals surface area contributed by atoms with Gasteiger partial charge in [-0.05, 0) is 49.3 Å². The lowest BCUT2D eigenvalue weighted by Gasteiger charge is -2.22. The molecule has 0 radical (unpaired) electrons. The number of hydrogen-bond donors (Lipinski definition) is 1. The van der Waals surface area contributed by atoms with Crippen LogP contribution in [0, 0.1) is 11.7 Å². The molecule has 1 aliphatic rings. The fourth-order valence-electron chi connectivity index (χ4n) is 2.41. The Kier molecular flexibility index (Phi) is 10.2. The average molecular weight is 449 g/mol. The van der Waals surface area contributed by atoms with Gasteiger partial charge >= 0.3 is 0 Å². The smallest absolute Gasteiger partial charge is 0.193 e. The minimum absolute atomic E-state index is 0. The highest BCUT2D eigenvalue weighted by atomic mass is 127. The molecule has 1 fully saturated rings. The predicted molar refractivity (Wildman–Crippen MR) is 108 cm³/mol. The molecule has 0 bridgehead atoms. The molecule has 1 saturated carbocycles. The summed E-state index contributed by atoms with van der Waals surface area (Å²) in [5, 5.41) is 3.34. The highest BCUT2D eigenvalue weighted by molar-refractivity contribution is 14.0. The van der Waals surface area contributed by atoms with Gasteiger partial charge in [-0.25, -0.2) is 4.39 Å². The second kappa shape index (κ2) is 11.6. The maximum atomic E-state index is 13.1. The molecule has 1 aliphatic carbocycles. The Labute approximate surface area is 161 Å². The zero-order valence-corrected chi connectivity index (χ0v) is 17.0. The number of nitrogens with zero attached hydrogens (tertiary/aromatic N) is 2. The van der Waals surface area contributed by atoms with E-state index in [1.165, 1.54) is 18.9 Å². The van der Waals surface area contributed by atoms with Gasteiger partial charge in [-0.1, -0.05) is 12.1 Å².